The number of carboxylic acid groups (broad SMARTS) is 1. The van der Waals surface area contributed by atoms with Gasteiger partial charge in [0.05, 0.1) is 5.02 Å². The maximum Gasteiger partial charge on any atom is 0.322 e. The van der Waals surface area contributed by atoms with Crippen molar-refractivity contribution in [2.24, 2.45) is 0 Å². The van der Waals surface area contributed by atoms with Crippen LogP contribution in [0.2, 0.25) is 5.02 Å². The van der Waals surface area contributed by atoms with Crippen molar-refractivity contribution in [2.45, 2.75) is 0 Å². The van der Waals surface area contributed by atoms with Crippen LogP contribution >= 0.6 is 11.6 Å². The molecule has 1 aromatic carbocycles. The van der Waals surface area contributed by atoms with E-state index in [9.17, 15) is 4.79 Å². The SMILES string of the molecule is O=C(O)CNc1nccc2cccc(Cl)c12. The van der Waals surface area contributed by atoms with Crippen molar-refractivity contribution in [1.29, 1.82) is 0 Å². The first-order valence-electron chi connectivity index (χ1n) is 4.67. The number of rotatable bonds is 3. The van der Waals surface area contributed by atoms with Crippen LogP contribution in [0.25, 0.3) is 10.8 Å². The van der Waals surface area contributed by atoms with Crippen LogP contribution in [0.5, 0.6) is 0 Å². The monoisotopic (exact) mass is 236 g/mol. The van der Waals surface area contributed by atoms with E-state index in [1.165, 1.54) is 0 Å². The molecule has 0 aliphatic carbocycles. The molecule has 0 aliphatic rings. The third kappa shape index (κ3) is 2.06. The molecule has 2 N–H and O–H groups in total. The molecule has 0 atom stereocenters. The van der Waals surface area contributed by atoms with Gasteiger partial charge in [0.15, 0.2) is 0 Å². The summed E-state index contributed by atoms with van der Waals surface area (Å²) in [6, 6.07) is 7.31. The second-order valence-corrected chi connectivity index (χ2v) is 3.65. The summed E-state index contributed by atoms with van der Waals surface area (Å²) in [6.45, 7) is -0.183. The lowest BCUT2D eigenvalue weighted by Gasteiger charge is -2.07. The number of anilines is 1. The fraction of sp³-hybridized carbons (Fsp3) is 0.0909. The molecule has 0 spiro atoms. The summed E-state index contributed by atoms with van der Waals surface area (Å²) in [4.78, 5) is 14.6. The fourth-order valence-electron chi connectivity index (χ4n) is 1.48. The van der Waals surface area contributed by atoms with Crippen LogP contribution in [0.1, 0.15) is 0 Å². The normalized spacial score (nSPS) is 10.3. The Bertz CT molecular complexity index is 537. The second kappa shape index (κ2) is 4.37. The summed E-state index contributed by atoms with van der Waals surface area (Å²) in [5.41, 5.74) is 0. The zero-order chi connectivity index (χ0) is 11.5. The molecule has 0 amide bonds. The molecule has 16 heavy (non-hydrogen) atoms. The van der Waals surface area contributed by atoms with E-state index in [2.05, 4.69) is 10.3 Å². The highest BCUT2D eigenvalue weighted by Gasteiger charge is 2.06. The first-order valence-corrected chi connectivity index (χ1v) is 5.05. The third-order valence-electron chi connectivity index (χ3n) is 2.15. The average Bonchev–Trinajstić information content (AvgIpc) is 2.26. The Balaban J connectivity index is 2.48. The van der Waals surface area contributed by atoms with Crippen molar-refractivity contribution in [3.8, 4) is 0 Å². The number of carboxylic acids is 1. The third-order valence-corrected chi connectivity index (χ3v) is 2.46. The first kappa shape index (κ1) is 10.7. The molecule has 0 aliphatic heterocycles. The van der Waals surface area contributed by atoms with Gasteiger partial charge in [-0.2, -0.15) is 0 Å². The number of nitrogens with one attached hydrogen (secondary N) is 1. The number of pyridine rings is 1. The summed E-state index contributed by atoms with van der Waals surface area (Å²) < 4.78 is 0. The molecule has 1 aromatic heterocycles. The Labute approximate surface area is 96.9 Å². The molecule has 1 heterocycles. The number of aliphatic carboxylic acids is 1. The molecular weight excluding hydrogens is 228 g/mol. The highest BCUT2D eigenvalue weighted by atomic mass is 35.5. The summed E-state index contributed by atoms with van der Waals surface area (Å²) in [5.74, 6) is -0.448. The number of fused-ring (bicyclic) bond motifs is 1. The number of halogens is 1. The van der Waals surface area contributed by atoms with Crippen molar-refractivity contribution < 1.29 is 9.90 Å². The molecule has 2 rings (SSSR count). The number of benzene rings is 1. The van der Waals surface area contributed by atoms with E-state index in [1.54, 1.807) is 12.3 Å². The quantitative estimate of drug-likeness (QED) is 0.859. The Morgan fingerprint density at radius 1 is 1.44 bits per heavy atom. The van der Waals surface area contributed by atoms with Gasteiger partial charge in [-0.3, -0.25) is 4.79 Å². The van der Waals surface area contributed by atoms with Crippen LogP contribution in [-0.4, -0.2) is 22.6 Å². The van der Waals surface area contributed by atoms with Gasteiger partial charge in [-0.25, -0.2) is 4.98 Å². The molecule has 0 unspecified atom stereocenters. The van der Waals surface area contributed by atoms with Crippen molar-refractivity contribution in [2.75, 3.05) is 11.9 Å². The van der Waals surface area contributed by atoms with Gasteiger partial charge in [0.2, 0.25) is 0 Å². The maximum atomic E-state index is 10.5. The topological polar surface area (TPSA) is 62.2 Å². The van der Waals surface area contributed by atoms with Crippen molar-refractivity contribution in [1.82, 2.24) is 4.98 Å². The van der Waals surface area contributed by atoms with Crippen LogP contribution in [0, 0.1) is 0 Å². The largest absolute Gasteiger partial charge is 0.480 e. The standard InChI is InChI=1S/C11H9ClN2O2/c12-8-3-1-2-7-4-5-13-11(10(7)8)14-6-9(15)16/h1-5H,6H2,(H,13,14)(H,15,16). The van der Waals surface area contributed by atoms with Crippen molar-refractivity contribution in [3.05, 3.63) is 35.5 Å². The zero-order valence-electron chi connectivity index (χ0n) is 8.27. The minimum atomic E-state index is -0.939. The van der Waals surface area contributed by atoms with E-state index < -0.39 is 5.97 Å². The maximum absolute atomic E-state index is 10.5. The smallest absolute Gasteiger partial charge is 0.322 e. The number of carbonyl (C=O) groups is 1. The molecule has 0 saturated carbocycles. The van der Waals surface area contributed by atoms with Crippen LogP contribution < -0.4 is 5.32 Å². The molecule has 0 saturated heterocycles. The van der Waals surface area contributed by atoms with E-state index in [4.69, 9.17) is 16.7 Å². The van der Waals surface area contributed by atoms with Gasteiger partial charge in [-0.1, -0.05) is 23.7 Å². The van der Waals surface area contributed by atoms with E-state index in [1.807, 2.05) is 18.2 Å². The summed E-state index contributed by atoms with van der Waals surface area (Å²) >= 11 is 6.05. The minimum absolute atomic E-state index is 0.183. The van der Waals surface area contributed by atoms with Gasteiger partial charge in [-0.15, -0.1) is 0 Å². The lowest BCUT2D eigenvalue weighted by molar-refractivity contribution is -0.134. The summed E-state index contributed by atoms with van der Waals surface area (Å²) in [6.07, 6.45) is 1.61. The molecule has 0 bridgehead atoms. The Kier molecular flexibility index (Phi) is 2.92. The van der Waals surface area contributed by atoms with Gasteiger partial charge < -0.3 is 10.4 Å². The average molecular weight is 237 g/mol. The molecule has 5 heteroatoms. The minimum Gasteiger partial charge on any atom is -0.480 e. The Morgan fingerprint density at radius 2 is 2.25 bits per heavy atom. The van der Waals surface area contributed by atoms with Crippen molar-refractivity contribution in [3.63, 3.8) is 0 Å². The van der Waals surface area contributed by atoms with Crippen LogP contribution in [0.4, 0.5) is 5.82 Å². The number of nitrogens with zero attached hydrogens (tertiary/aromatic N) is 1. The van der Waals surface area contributed by atoms with Gasteiger partial charge in [-0.05, 0) is 17.5 Å². The van der Waals surface area contributed by atoms with Gasteiger partial charge in [0.25, 0.3) is 0 Å². The Morgan fingerprint density at radius 3 is 3.00 bits per heavy atom. The predicted molar refractivity (Wildman–Crippen MR) is 62.9 cm³/mol. The van der Waals surface area contributed by atoms with Gasteiger partial charge in [0.1, 0.15) is 12.4 Å². The molecule has 0 fully saturated rings. The second-order valence-electron chi connectivity index (χ2n) is 3.24. The zero-order valence-corrected chi connectivity index (χ0v) is 9.03. The van der Waals surface area contributed by atoms with Gasteiger partial charge in [0, 0.05) is 11.6 Å². The summed E-state index contributed by atoms with van der Waals surface area (Å²) in [5, 5.41) is 13.5. The van der Waals surface area contributed by atoms with Gasteiger partial charge >= 0.3 is 5.97 Å². The molecule has 0 radical (unpaired) electrons. The molecular formula is C11H9ClN2O2. The van der Waals surface area contributed by atoms with Crippen LogP contribution in [-0.2, 0) is 4.79 Å². The fourth-order valence-corrected chi connectivity index (χ4v) is 1.75. The van der Waals surface area contributed by atoms with Crippen molar-refractivity contribution >= 4 is 34.2 Å². The molecule has 4 nitrogen and oxygen atoms in total. The lowest BCUT2D eigenvalue weighted by atomic mass is 10.1. The van der Waals surface area contributed by atoms with E-state index in [0.717, 1.165) is 10.8 Å². The van der Waals surface area contributed by atoms with E-state index in [0.29, 0.717) is 10.8 Å². The molecule has 2 aromatic rings. The summed E-state index contributed by atoms with van der Waals surface area (Å²) in [7, 11) is 0. The van der Waals surface area contributed by atoms with Crippen LogP contribution in [0.15, 0.2) is 30.5 Å². The highest BCUT2D eigenvalue weighted by molar-refractivity contribution is 6.36. The van der Waals surface area contributed by atoms with Crippen LogP contribution in [0.3, 0.4) is 0 Å². The number of hydrogen-bond acceptors (Lipinski definition) is 3. The van der Waals surface area contributed by atoms with E-state index >= 15 is 0 Å². The number of aromatic nitrogens is 1. The Hall–Kier alpha value is -1.81. The van der Waals surface area contributed by atoms with E-state index in [-0.39, 0.29) is 6.54 Å². The number of hydrogen-bond donors (Lipinski definition) is 2. The lowest BCUT2D eigenvalue weighted by Crippen LogP contribution is -2.13. The first-order chi connectivity index (χ1) is 7.68. The predicted octanol–water partition coefficient (Wildman–Crippen LogP) is 2.38. The highest BCUT2D eigenvalue weighted by Crippen LogP contribution is 2.28. The molecule has 82 valence electrons.